The Morgan fingerprint density at radius 1 is 1.25 bits per heavy atom. The predicted molar refractivity (Wildman–Crippen MR) is 119 cm³/mol. The topological polar surface area (TPSA) is 120 Å². The second-order valence-corrected chi connectivity index (χ2v) is 8.60. The van der Waals surface area contributed by atoms with Gasteiger partial charge in [0.2, 0.25) is 11.8 Å². The second kappa shape index (κ2) is 11.1. The van der Waals surface area contributed by atoms with E-state index in [4.69, 9.17) is 4.74 Å². The van der Waals surface area contributed by atoms with E-state index in [1.54, 1.807) is 10.4 Å². The van der Waals surface area contributed by atoms with E-state index in [1.807, 2.05) is 38.1 Å². The van der Waals surface area contributed by atoms with E-state index in [-0.39, 0.29) is 24.5 Å². The molecule has 3 rings (SSSR count). The maximum atomic E-state index is 13.2. The number of alkyl carbamates (subject to hydrolysis) is 1. The van der Waals surface area contributed by atoms with Gasteiger partial charge in [0, 0.05) is 31.6 Å². The van der Waals surface area contributed by atoms with E-state index in [0.29, 0.717) is 26.1 Å². The van der Waals surface area contributed by atoms with Crippen molar-refractivity contribution >= 4 is 23.5 Å². The van der Waals surface area contributed by atoms with Gasteiger partial charge < -0.3 is 20.3 Å². The number of carbonyl (C=O) groups is 3. The molecule has 9 heteroatoms. The van der Waals surface area contributed by atoms with Crippen molar-refractivity contribution in [1.82, 2.24) is 21.0 Å². The van der Waals surface area contributed by atoms with E-state index in [1.165, 1.54) is 5.57 Å². The number of hydroxylamine groups is 1. The van der Waals surface area contributed by atoms with Crippen molar-refractivity contribution in [3.63, 3.8) is 0 Å². The molecule has 3 atom stereocenters. The van der Waals surface area contributed by atoms with Gasteiger partial charge in [0.25, 0.3) is 0 Å². The highest BCUT2D eigenvalue weighted by atomic mass is 16.5. The highest BCUT2D eigenvalue weighted by Gasteiger charge is 2.41. The van der Waals surface area contributed by atoms with Crippen LogP contribution in [0.1, 0.15) is 32.3 Å². The van der Waals surface area contributed by atoms with E-state index in [9.17, 15) is 19.6 Å². The standard InChI is InChI=1S/C23H32N4O5/c1-15(2)25-23(30)32-14-16-12-19(21(28)26-31)20(24-13-16)22(29)27-10-8-18(9-11-27)17-6-4-3-5-7-17/h3-8,15-16,19-20,24,31H,9-14H2,1-2H3,(H,25,30)(H,26,28)/t16-,19-,20-/m0/s1. The molecule has 1 fully saturated rings. The van der Waals surface area contributed by atoms with Crippen LogP contribution in [0.2, 0.25) is 0 Å². The van der Waals surface area contributed by atoms with Crippen molar-refractivity contribution < 1.29 is 24.3 Å². The molecule has 0 radical (unpaired) electrons. The fourth-order valence-electron chi connectivity index (χ4n) is 4.19. The summed E-state index contributed by atoms with van der Waals surface area (Å²) in [5.74, 6) is -1.70. The minimum atomic E-state index is -0.762. The van der Waals surface area contributed by atoms with Crippen LogP contribution in [0.4, 0.5) is 4.79 Å². The van der Waals surface area contributed by atoms with Crippen molar-refractivity contribution in [2.45, 2.75) is 38.8 Å². The molecule has 0 bridgehead atoms. The summed E-state index contributed by atoms with van der Waals surface area (Å²) in [5, 5.41) is 15.0. The average Bonchev–Trinajstić information content (AvgIpc) is 2.82. The number of amides is 3. The van der Waals surface area contributed by atoms with Crippen LogP contribution in [0.3, 0.4) is 0 Å². The monoisotopic (exact) mass is 444 g/mol. The number of nitrogens with one attached hydrogen (secondary N) is 3. The summed E-state index contributed by atoms with van der Waals surface area (Å²) < 4.78 is 5.23. The Hall–Kier alpha value is -2.91. The summed E-state index contributed by atoms with van der Waals surface area (Å²) in [6.45, 7) is 5.25. The van der Waals surface area contributed by atoms with Crippen molar-refractivity contribution in [2.24, 2.45) is 11.8 Å². The fraction of sp³-hybridized carbons (Fsp3) is 0.522. The predicted octanol–water partition coefficient (Wildman–Crippen LogP) is 1.54. The van der Waals surface area contributed by atoms with Crippen molar-refractivity contribution in [3.05, 3.63) is 42.0 Å². The van der Waals surface area contributed by atoms with Gasteiger partial charge >= 0.3 is 6.09 Å². The molecule has 4 N–H and O–H groups in total. The van der Waals surface area contributed by atoms with Gasteiger partial charge in [0.05, 0.1) is 18.6 Å². The van der Waals surface area contributed by atoms with Crippen LogP contribution in [0.25, 0.3) is 5.57 Å². The lowest BCUT2D eigenvalue weighted by Gasteiger charge is -2.38. The maximum absolute atomic E-state index is 13.2. The molecule has 0 unspecified atom stereocenters. The van der Waals surface area contributed by atoms with E-state index >= 15 is 0 Å². The Bertz CT molecular complexity index is 842. The highest BCUT2D eigenvalue weighted by molar-refractivity contribution is 5.90. The third-order valence-electron chi connectivity index (χ3n) is 5.85. The molecule has 0 aliphatic carbocycles. The molecule has 1 aromatic carbocycles. The molecule has 1 saturated heterocycles. The lowest BCUT2D eigenvalue weighted by molar-refractivity contribution is -0.144. The minimum absolute atomic E-state index is 0.0390. The largest absolute Gasteiger partial charge is 0.449 e. The first kappa shape index (κ1) is 23.7. The number of carbonyl (C=O) groups excluding carboxylic acids is 3. The normalized spacial score (nSPS) is 23.3. The number of benzene rings is 1. The van der Waals surface area contributed by atoms with Crippen molar-refractivity contribution in [2.75, 3.05) is 26.2 Å². The van der Waals surface area contributed by atoms with Crippen LogP contribution >= 0.6 is 0 Å². The van der Waals surface area contributed by atoms with Crippen LogP contribution in [-0.4, -0.2) is 66.3 Å². The van der Waals surface area contributed by atoms with Crippen molar-refractivity contribution in [3.8, 4) is 0 Å². The number of piperidine rings is 1. The molecule has 3 amide bonds. The van der Waals surface area contributed by atoms with Crippen LogP contribution in [0.5, 0.6) is 0 Å². The molecule has 0 spiro atoms. The molecule has 174 valence electrons. The molecule has 9 nitrogen and oxygen atoms in total. The first-order chi connectivity index (χ1) is 15.4. The van der Waals surface area contributed by atoms with Crippen molar-refractivity contribution in [1.29, 1.82) is 0 Å². The van der Waals surface area contributed by atoms with Gasteiger partial charge in [-0.15, -0.1) is 0 Å². The molecule has 0 saturated carbocycles. The average molecular weight is 445 g/mol. The Labute approximate surface area is 188 Å². The number of hydrogen-bond acceptors (Lipinski definition) is 6. The summed E-state index contributed by atoms with van der Waals surface area (Å²) in [6.07, 6.45) is 2.59. The van der Waals surface area contributed by atoms with Gasteiger partial charge in [0.15, 0.2) is 0 Å². The second-order valence-electron chi connectivity index (χ2n) is 8.60. The number of nitrogens with zero attached hydrogens (tertiary/aromatic N) is 1. The Balaban J connectivity index is 1.60. The van der Waals surface area contributed by atoms with Crippen LogP contribution in [-0.2, 0) is 14.3 Å². The zero-order chi connectivity index (χ0) is 23.1. The third-order valence-corrected chi connectivity index (χ3v) is 5.85. The van der Waals surface area contributed by atoms with Crippen LogP contribution in [0.15, 0.2) is 36.4 Å². The first-order valence-corrected chi connectivity index (χ1v) is 11.0. The van der Waals surface area contributed by atoms with Crippen LogP contribution < -0.4 is 16.1 Å². The highest BCUT2D eigenvalue weighted by Crippen LogP contribution is 2.26. The van der Waals surface area contributed by atoms with E-state index < -0.39 is 24.0 Å². The molecule has 2 aliphatic heterocycles. The summed E-state index contributed by atoms with van der Waals surface area (Å²) in [6, 6.07) is 9.28. The quantitative estimate of drug-likeness (QED) is 0.390. The van der Waals surface area contributed by atoms with Gasteiger partial charge in [-0.25, -0.2) is 10.3 Å². The van der Waals surface area contributed by atoms with E-state index in [2.05, 4.69) is 22.8 Å². The number of hydrogen-bond donors (Lipinski definition) is 4. The lowest BCUT2D eigenvalue weighted by atomic mass is 9.83. The SMILES string of the molecule is CC(C)NC(=O)OC[C@@H]1CN[C@H](C(=O)N2CC=C(c3ccccc3)CC2)[C@@H](C(=O)NO)C1. The summed E-state index contributed by atoms with van der Waals surface area (Å²) in [7, 11) is 0. The van der Waals surface area contributed by atoms with Gasteiger partial charge in [0.1, 0.15) is 0 Å². The van der Waals surface area contributed by atoms with Gasteiger partial charge in [-0.2, -0.15) is 0 Å². The first-order valence-electron chi connectivity index (χ1n) is 11.0. The Morgan fingerprint density at radius 2 is 2.00 bits per heavy atom. The molecular weight excluding hydrogens is 412 g/mol. The third kappa shape index (κ3) is 6.08. The van der Waals surface area contributed by atoms with Gasteiger partial charge in [-0.3, -0.25) is 14.8 Å². The van der Waals surface area contributed by atoms with Crippen LogP contribution in [0, 0.1) is 11.8 Å². The Morgan fingerprint density at radius 3 is 2.62 bits per heavy atom. The van der Waals surface area contributed by atoms with E-state index in [0.717, 1.165) is 12.0 Å². The van der Waals surface area contributed by atoms with Gasteiger partial charge in [-0.1, -0.05) is 36.4 Å². The molecule has 2 aliphatic rings. The minimum Gasteiger partial charge on any atom is -0.449 e. The zero-order valence-electron chi connectivity index (χ0n) is 18.5. The molecule has 1 aromatic rings. The zero-order valence-corrected chi connectivity index (χ0v) is 18.5. The smallest absolute Gasteiger partial charge is 0.407 e. The molecular formula is C23H32N4O5. The Kier molecular flexibility index (Phi) is 8.24. The lowest BCUT2D eigenvalue weighted by Crippen LogP contribution is -2.59. The summed E-state index contributed by atoms with van der Waals surface area (Å²) >= 11 is 0. The summed E-state index contributed by atoms with van der Waals surface area (Å²) in [4.78, 5) is 39.0. The maximum Gasteiger partial charge on any atom is 0.407 e. The fourth-order valence-corrected chi connectivity index (χ4v) is 4.19. The number of ether oxygens (including phenoxy) is 1. The molecule has 2 heterocycles. The molecule has 32 heavy (non-hydrogen) atoms. The van der Waals surface area contributed by atoms with Gasteiger partial charge in [-0.05, 0) is 37.8 Å². The molecule has 0 aromatic heterocycles. The number of rotatable bonds is 6. The summed E-state index contributed by atoms with van der Waals surface area (Å²) in [5.41, 5.74) is 4.03.